The van der Waals surface area contributed by atoms with E-state index in [4.69, 9.17) is 9.47 Å². The van der Waals surface area contributed by atoms with Crippen LogP contribution in [0.2, 0.25) is 0 Å². The minimum atomic E-state index is -0.101. The number of carbonyl (C=O) groups excluding carboxylic acids is 1. The standard InChI is InChI=1S/C23H36O3/c1-15(2)13-17-14-23(5)19-9-7-16(3)18(8-10-21(24)25-6)22(19,4)12-11-20(23)26-17/h13,17-20H,3,7-12,14H2,1-2,4-6H3/t17-,18+,19+,20-,22+,23-/m0/s1. The van der Waals surface area contributed by atoms with Crippen LogP contribution in [0.3, 0.4) is 0 Å². The molecular formula is C23H36O3. The molecule has 1 heterocycles. The maximum absolute atomic E-state index is 11.7. The predicted octanol–water partition coefficient (Wildman–Crippen LogP) is 5.45. The highest BCUT2D eigenvalue weighted by Gasteiger charge is 2.61. The number of hydrogen-bond donors (Lipinski definition) is 0. The summed E-state index contributed by atoms with van der Waals surface area (Å²) in [5.74, 6) is 0.953. The van der Waals surface area contributed by atoms with Gasteiger partial charge in [0.1, 0.15) is 0 Å². The molecule has 146 valence electrons. The minimum absolute atomic E-state index is 0.101. The van der Waals surface area contributed by atoms with Crippen molar-refractivity contribution in [2.75, 3.05) is 7.11 Å². The number of methoxy groups -OCH3 is 1. The molecular weight excluding hydrogens is 324 g/mol. The van der Waals surface area contributed by atoms with Crippen LogP contribution in [0.15, 0.2) is 23.8 Å². The summed E-state index contributed by atoms with van der Waals surface area (Å²) >= 11 is 0. The second-order valence-corrected chi connectivity index (χ2v) is 9.58. The molecule has 1 saturated heterocycles. The second kappa shape index (κ2) is 7.14. The average Bonchev–Trinajstić information content (AvgIpc) is 2.88. The van der Waals surface area contributed by atoms with E-state index in [-0.39, 0.29) is 22.9 Å². The van der Waals surface area contributed by atoms with Gasteiger partial charge in [-0.1, -0.05) is 37.6 Å². The van der Waals surface area contributed by atoms with Crippen LogP contribution >= 0.6 is 0 Å². The van der Waals surface area contributed by atoms with Crippen molar-refractivity contribution < 1.29 is 14.3 Å². The molecule has 3 rings (SSSR count). The molecule has 6 atom stereocenters. The second-order valence-electron chi connectivity index (χ2n) is 9.58. The number of ether oxygens (including phenoxy) is 2. The molecule has 3 nitrogen and oxygen atoms in total. The lowest BCUT2D eigenvalue weighted by atomic mass is 9.45. The van der Waals surface area contributed by atoms with E-state index in [0.29, 0.717) is 24.4 Å². The van der Waals surface area contributed by atoms with E-state index < -0.39 is 0 Å². The van der Waals surface area contributed by atoms with Gasteiger partial charge in [0.05, 0.1) is 19.3 Å². The van der Waals surface area contributed by atoms with E-state index >= 15 is 0 Å². The lowest BCUT2D eigenvalue weighted by molar-refractivity contribution is -0.142. The molecule has 0 unspecified atom stereocenters. The van der Waals surface area contributed by atoms with Crippen molar-refractivity contribution in [3.63, 3.8) is 0 Å². The van der Waals surface area contributed by atoms with Gasteiger partial charge in [-0.25, -0.2) is 0 Å². The van der Waals surface area contributed by atoms with Gasteiger partial charge in [-0.2, -0.15) is 0 Å². The molecule has 2 aliphatic carbocycles. The van der Waals surface area contributed by atoms with Gasteiger partial charge in [0.25, 0.3) is 0 Å². The number of carbonyl (C=O) groups is 1. The first-order valence-electron chi connectivity index (χ1n) is 10.3. The summed E-state index contributed by atoms with van der Waals surface area (Å²) in [6.07, 6.45) is 10.0. The Bertz CT molecular complexity index is 603. The average molecular weight is 361 g/mol. The highest BCUT2D eigenvalue weighted by atomic mass is 16.5. The minimum Gasteiger partial charge on any atom is -0.469 e. The molecule has 0 aromatic carbocycles. The molecule has 0 N–H and O–H groups in total. The molecule has 0 radical (unpaired) electrons. The summed E-state index contributed by atoms with van der Waals surface area (Å²) in [5.41, 5.74) is 3.13. The van der Waals surface area contributed by atoms with Crippen molar-refractivity contribution in [1.82, 2.24) is 0 Å². The van der Waals surface area contributed by atoms with Crippen LogP contribution in [0.5, 0.6) is 0 Å². The summed E-state index contributed by atoms with van der Waals surface area (Å²) in [5, 5.41) is 0. The molecule has 0 spiro atoms. The van der Waals surface area contributed by atoms with Crippen molar-refractivity contribution in [1.29, 1.82) is 0 Å². The van der Waals surface area contributed by atoms with Crippen molar-refractivity contribution >= 4 is 5.97 Å². The molecule has 3 aliphatic rings. The summed E-state index contributed by atoms with van der Waals surface area (Å²) < 4.78 is 11.4. The number of fused-ring (bicyclic) bond motifs is 3. The lowest BCUT2D eigenvalue weighted by Crippen LogP contribution is -2.54. The number of hydrogen-bond acceptors (Lipinski definition) is 3. The molecule has 0 bridgehead atoms. The maximum Gasteiger partial charge on any atom is 0.305 e. The molecule has 26 heavy (non-hydrogen) atoms. The zero-order valence-corrected chi connectivity index (χ0v) is 17.3. The molecule has 3 heteroatoms. The highest BCUT2D eigenvalue weighted by Crippen LogP contribution is 2.65. The first-order valence-corrected chi connectivity index (χ1v) is 10.3. The Morgan fingerprint density at radius 2 is 2.04 bits per heavy atom. The Morgan fingerprint density at radius 3 is 2.69 bits per heavy atom. The monoisotopic (exact) mass is 360 g/mol. The molecule has 1 aliphatic heterocycles. The number of esters is 1. The largest absolute Gasteiger partial charge is 0.469 e. The third-order valence-corrected chi connectivity index (χ3v) is 7.68. The quantitative estimate of drug-likeness (QED) is 0.494. The fourth-order valence-corrected chi connectivity index (χ4v) is 6.53. The third kappa shape index (κ3) is 3.28. The van der Waals surface area contributed by atoms with Gasteiger partial charge >= 0.3 is 5.97 Å². The summed E-state index contributed by atoms with van der Waals surface area (Å²) in [6.45, 7) is 13.6. The molecule has 2 saturated carbocycles. The Morgan fingerprint density at radius 1 is 1.31 bits per heavy atom. The van der Waals surface area contributed by atoms with Crippen LogP contribution < -0.4 is 0 Å². The van der Waals surface area contributed by atoms with E-state index in [1.807, 2.05) is 0 Å². The van der Waals surface area contributed by atoms with Gasteiger partial charge in [-0.15, -0.1) is 0 Å². The molecule has 0 aromatic rings. The Hall–Kier alpha value is -1.09. The highest BCUT2D eigenvalue weighted by molar-refractivity contribution is 5.69. The van der Waals surface area contributed by atoms with Crippen molar-refractivity contribution in [3.05, 3.63) is 23.8 Å². The van der Waals surface area contributed by atoms with Crippen LogP contribution in [0.4, 0.5) is 0 Å². The molecule has 0 amide bonds. The van der Waals surface area contributed by atoms with E-state index in [9.17, 15) is 4.79 Å². The number of allylic oxidation sites excluding steroid dienone is 2. The number of rotatable bonds is 4. The fraction of sp³-hybridized carbons (Fsp3) is 0.783. The van der Waals surface area contributed by atoms with Crippen LogP contribution in [0, 0.1) is 22.7 Å². The van der Waals surface area contributed by atoms with Gasteiger partial charge in [-0.3, -0.25) is 4.79 Å². The van der Waals surface area contributed by atoms with Gasteiger partial charge in [0.2, 0.25) is 0 Å². The van der Waals surface area contributed by atoms with Crippen LogP contribution in [-0.4, -0.2) is 25.3 Å². The first-order chi connectivity index (χ1) is 12.2. The van der Waals surface area contributed by atoms with Crippen molar-refractivity contribution in [2.24, 2.45) is 22.7 Å². The van der Waals surface area contributed by atoms with Gasteiger partial charge in [-0.05, 0) is 75.0 Å². The van der Waals surface area contributed by atoms with Crippen LogP contribution in [0.1, 0.15) is 72.6 Å². The smallest absolute Gasteiger partial charge is 0.305 e. The van der Waals surface area contributed by atoms with Crippen molar-refractivity contribution in [2.45, 2.75) is 84.8 Å². The SMILES string of the molecule is C=C1CC[C@H]2[C@]3(C)C[C@H](C=C(C)C)O[C@H]3CC[C@]2(C)[C@@H]1CCC(=O)OC. The van der Waals surface area contributed by atoms with E-state index in [0.717, 1.165) is 25.7 Å². The summed E-state index contributed by atoms with van der Waals surface area (Å²) in [7, 11) is 1.48. The first kappa shape index (κ1) is 19.7. The molecule has 3 fully saturated rings. The van der Waals surface area contributed by atoms with Gasteiger partial charge < -0.3 is 9.47 Å². The zero-order valence-electron chi connectivity index (χ0n) is 17.3. The maximum atomic E-state index is 11.7. The third-order valence-electron chi connectivity index (χ3n) is 7.68. The molecule has 0 aromatic heterocycles. The summed E-state index contributed by atoms with van der Waals surface area (Å²) in [6, 6.07) is 0. The van der Waals surface area contributed by atoms with E-state index in [1.54, 1.807) is 0 Å². The topological polar surface area (TPSA) is 35.5 Å². The Labute approximate surface area is 159 Å². The Balaban J connectivity index is 1.84. The van der Waals surface area contributed by atoms with Crippen LogP contribution in [0.25, 0.3) is 0 Å². The Kier molecular flexibility index (Phi) is 5.40. The van der Waals surface area contributed by atoms with E-state index in [2.05, 4.69) is 40.3 Å². The normalized spacial score (nSPS) is 42.0. The van der Waals surface area contributed by atoms with Crippen molar-refractivity contribution in [3.8, 4) is 0 Å². The zero-order chi connectivity index (χ0) is 19.1. The lowest BCUT2D eigenvalue weighted by Gasteiger charge is -2.59. The fourth-order valence-electron chi connectivity index (χ4n) is 6.53. The van der Waals surface area contributed by atoms with E-state index in [1.165, 1.54) is 31.1 Å². The van der Waals surface area contributed by atoms with Gasteiger partial charge in [0.15, 0.2) is 0 Å². The summed E-state index contributed by atoms with van der Waals surface area (Å²) in [4.78, 5) is 11.7. The van der Waals surface area contributed by atoms with Crippen LogP contribution in [-0.2, 0) is 14.3 Å². The predicted molar refractivity (Wildman–Crippen MR) is 105 cm³/mol. The van der Waals surface area contributed by atoms with Gasteiger partial charge in [0, 0.05) is 6.42 Å².